The maximum atomic E-state index is 12.0. The van der Waals surface area contributed by atoms with Crippen molar-refractivity contribution in [2.75, 3.05) is 17.6 Å². The molecule has 0 saturated heterocycles. The molecular weight excluding hydrogens is 264 g/mol. The third-order valence-electron chi connectivity index (χ3n) is 2.40. The van der Waals surface area contributed by atoms with Crippen LogP contribution in [-0.2, 0) is 13.6 Å². The molecule has 8 heteroatoms. The second-order valence-corrected chi connectivity index (χ2v) is 4.97. The Hall–Kier alpha value is -2.09. The molecule has 0 aliphatic rings. The monoisotopic (exact) mass is 280 g/mol. The molecule has 0 radical (unpaired) electrons. The van der Waals surface area contributed by atoms with Crippen LogP contribution in [-0.4, -0.2) is 27.2 Å². The Labute approximate surface area is 114 Å². The van der Waals surface area contributed by atoms with Gasteiger partial charge in [0, 0.05) is 31.9 Å². The number of nitrogens with one attached hydrogen (secondary N) is 2. The summed E-state index contributed by atoms with van der Waals surface area (Å²) in [5, 5.41) is 10.5. The zero-order chi connectivity index (χ0) is 13.8. The fourth-order valence-electron chi connectivity index (χ4n) is 1.55. The molecule has 1 amide bonds. The van der Waals surface area contributed by atoms with E-state index in [-0.39, 0.29) is 11.7 Å². The minimum Gasteiger partial charge on any atom is -0.382 e. The standard InChI is InChI=1S/C11H16N6OS/c1-3-13-11-16-9(12)8(19-11)10(18)14-4-7-5-15-17(2)6-7/h5-6H,3-4,12H2,1-2H3,(H,13,16)(H,14,18). The highest BCUT2D eigenvalue weighted by Gasteiger charge is 2.15. The molecule has 0 aliphatic carbocycles. The van der Waals surface area contributed by atoms with Crippen LogP contribution in [0.5, 0.6) is 0 Å². The van der Waals surface area contributed by atoms with E-state index in [1.165, 1.54) is 11.3 Å². The van der Waals surface area contributed by atoms with Crippen molar-refractivity contribution in [3.05, 3.63) is 22.8 Å². The molecule has 2 aromatic rings. The summed E-state index contributed by atoms with van der Waals surface area (Å²) in [6, 6.07) is 0. The predicted octanol–water partition coefficient (Wildman–Crippen LogP) is 0.821. The summed E-state index contributed by atoms with van der Waals surface area (Å²) in [5.41, 5.74) is 6.66. The first-order valence-corrected chi connectivity index (χ1v) is 6.67. The number of hydrogen-bond donors (Lipinski definition) is 3. The number of carbonyl (C=O) groups excluding carboxylic acids is 1. The number of anilines is 2. The summed E-state index contributed by atoms with van der Waals surface area (Å²) in [7, 11) is 1.83. The highest BCUT2D eigenvalue weighted by atomic mass is 32.1. The molecule has 0 bridgehead atoms. The third-order valence-corrected chi connectivity index (χ3v) is 3.43. The lowest BCUT2D eigenvalue weighted by Crippen LogP contribution is -2.22. The molecule has 7 nitrogen and oxygen atoms in total. The quantitative estimate of drug-likeness (QED) is 0.753. The topological polar surface area (TPSA) is 97.9 Å². The van der Waals surface area contributed by atoms with Crippen LogP contribution in [0.4, 0.5) is 10.9 Å². The minimum atomic E-state index is -0.219. The van der Waals surface area contributed by atoms with Gasteiger partial charge in [-0.25, -0.2) is 4.98 Å². The van der Waals surface area contributed by atoms with Crippen molar-refractivity contribution >= 4 is 28.2 Å². The Bertz CT molecular complexity index is 576. The Morgan fingerprint density at radius 1 is 1.58 bits per heavy atom. The summed E-state index contributed by atoms with van der Waals surface area (Å²) in [5.74, 6) is 0.0349. The molecular formula is C11H16N6OS. The van der Waals surface area contributed by atoms with Crippen LogP contribution in [0, 0.1) is 0 Å². The Morgan fingerprint density at radius 3 is 3.00 bits per heavy atom. The number of amides is 1. The van der Waals surface area contributed by atoms with Crippen LogP contribution in [0.15, 0.2) is 12.4 Å². The Balaban J connectivity index is 1.99. The van der Waals surface area contributed by atoms with E-state index in [1.54, 1.807) is 10.9 Å². The molecule has 0 spiro atoms. The van der Waals surface area contributed by atoms with Crippen molar-refractivity contribution in [2.24, 2.45) is 7.05 Å². The van der Waals surface area contributed by atoms with E-state index in [2.05, 4.69) is 20.7 Å². The molecule has 0 aliphatic heterocycles. The number of nitrogens with zero attached hydrogens (tertiary/aromatic N) is 3. The zero-order valence-corrected chi connectivity index (χ0v) is 11.6. The van der Waals surface area contributed by atoms with Crippen LogP contribution < -0.4 is 16.4 Å². The summed E-state index contributed by atoms with van der Waals surface area (Å²) < 4.78 is 1.69. The first-order valence-electron chi connectivity index (χ1n) is 5.86. The number of rotatable bonds is 5. The SMILES string of the molecule is CCNc1nc(N)c(C(=O)NCc2cnn(C)c2)s1. The molecule has 2 heterocycles. The number of nitrogen functional groups attached to an aromatic ring is 1. The molecule has 0 atom stereocenters. The lowest BCUT2D eigenvalue weighted by molar-refractivity contribution is 0.0955. The number of hydrogen-bond acceptors (Lipinski definition) is 6. The van der Waals surface area contributed by atoms with Crippen LogP contribution in [0.1, 0.15) is 22.2 Å². The maximum absolute atomic E-state index is 12.0. The fraction of sp³-hybridized carbons (Fsp3) is 0.364. The van der Waals surface area contributed by atoms with Gasteiger partial charge in [-0.1, -0.05) is 11.3 Å². The van der Waals surface area contributed by atoms with E-state index >= 15 is 0 Å². The molecule has 0 fully saturated rings. The normalized spacial score (nSPS) is 10.4. The summed E-state index contributed by atoms with van der Waals surface area (Å²) in [6.07, 6.45) is 3.56. The van der Waals surface area contributed by atoms with Crippen molar-refractivity contribution in [2.45, 2.75) is 13.5 Å². The van der Waals surface area contributed by atoms with E-state index < -0.39 is 0 Å². The Morgan fingerprint density at radius 2 is 2.37 bits per heavy atom. The van der Waals surface area contributed by atoms with Gasteiger partial charge in [0.25, 0.3) is 5.91 Å². The number of aryl methyl sites for hydroxylation is 1. The average molecular weight is 280 g/mol. The smallest absolute Gasteiger partial charge is 0.265 e. The van der Waals surface area contributed by atoms with Gasteiger partial charge in [0.05, 0.1) is 6.20 Å². The summed E-state index contributed by atoms with van der Waals surface area (Å²) >= 11 is 1.25. The van der Waals surface area contributed by atoms with Crippen molar-refractivity contribution < 1.29 is 4.79 Å². The minimum absolute atomic E-state index is 0.219. The van der Waals surface area contributed by atoms with Gasteiger partial charge in [-0.2, -0.15) is 5.10 Å². The fourth-order valence-corrected chi connectivity index (χ4v) is 2.42. The van der Waals surface area contributed by atoms with Gasteiger partial charge < -0.3 is 16.4 Å². The van der Waals surface area contributed by atoms with Crippen molar-refractivity contribution in [1.82, 2.24) is 20.1 Å². The zero-order valence-electron chi connectivity index (χ0n) is 10.8. The van der Waals surface area contributed by atoms with Crippen LogP contribution >= 0.6 is 11.3 Å². The van der Waals surface area contributed by atoms with Gasteiger partial charge in [-0.3, -0.25) is 9.48 Å². The number of thiazole rings is 1. The van der Waals surface area contributed by atoms with Gasteiger partial charge in [0.1, 0.15) is 10.7 Å². The third kappa shape index (κ3) is 3.22. The second-order valence-electron chi connectivity index (χ2n) is 3.97. The first-order chi connectivity index (χ1) is 9.10. The van der Waals surface area contributed by atoms with E-state index in [9.17, 15) is 4.79 Å². The van der Waals surface area contributed by atoms with Crippen molar-refractivity contribution in [3.8, 4) is 0 Å². The van der Waals surface area contributed by atoms with Crippen LogP contribution in [0.25, 0.3) is 0 Å². The summed E-state index contributed by atoms with van der Waals surface area (Å²) in [4.78, 5) is 16.5. The van der Waals surface area contributed by atoms with Gasteiger partial charge in [0.15, 0.2) is 5.13 Å². The molecule has 2 aromatic heterocycles. The van der Waals surface area contributed by atoms with E-state index in [1.807, 2.05) is 20.2 Å². The molecule has 4 N–H and O–H groups in total. The maximum Gasteiger partial charge on any atom is 0.265 e. The molecule has 0 saturated carbocycles. The highest BCUT2D eigenvalue weighted by molar-refractivity contribution is 7.18. The average Bonchev–Trinajstić information content (AvgIpc) is 2.93. The largest absolute Gasteiger partial charge is 0.382 e. The van der Waals surface area contributed by atoms with Crippen LogP contribution in [0.2, 0.25) is 0 Å². The number of nitrogens with two attached hydrogens (primary N) is 1. The second kappa shape index (κ2) is 5.70. The van der Waals surface area contributed by atoms with E-state index in [4.69, 9.17) is 5.73 Å². The van der Waals surface area contributed by atoms with E-state index in [0.717, 1.165) is 12.1 Å². The molecule has 102 valence electrons. The highest BCUT2D eigenvalue weighted by Crippen LogP contribution is 2.24. The molecule has 0 aromatic carbocycles. The van der Waals surface area contributed by atoms with Gasteiger partial charge in [-0.05, 0) is 6.92 Å². The van der Waals surface area contributed by atoms with E-state index in [0.29, 0.717) is 16.6 Å². The first kappa shape index (κ1) is 13.3. The summed E-state index contributed by atoms with van der Waals surface area (Å²) in [6.45, 7) is 3.12. The molecule has 19 heavy (non-hydrogen) atoms. The molecule has 0 unspecified atom stereocenters. The van der Waals surface area contributed by atoms with Crippen molar-refractivity contribution in [1.29, 1.82) is 0 Å². The number of aromatic nitrogens is 3. The Kier molecular flexibility index (Phi) is 4.00. The van der Waals surface area contributed by atoms with Gasteiger partial charge >= 0.3 is 0 Å². The lowest BCUT2D eigenvalue weighted by Gasteiger charge is -2.01. The van der Waals surface area contributed by atoms with Gasteiger partial charge in [-0.15, -0.1) is 0 Å². The molecule has 2 rings (SSSR count). The van der Waals surface area contributed by atoms with Crippen LogP contribution in [0.3, 0.4) is 0 Å². The van der Waals surface area contributed by atoms with Crippen molar-refractivity contribution in [3.63, 3.8) is 0 Å². The predicted molar refractivity (Wildman–Crippen MR) is 75.1 cm³/mol. The lowest BCUT2D eigenvalue weighted by atomic mass is 10.3. The van der Waals surface area contributed by atoms with Gasteiger partial charge in [0.2, 0.25) is 0 Å². The number of carbonyl (C=O) groups is 1.